The number of hydrogen-bond donors (Lipinski definition) is 0. The molecule has 0 unspecified atom stereocenters. The van der Waals surface area contributed by atoms with Gasteiger partial charge in [0.15, 0.2) is 0 Å². The van der Waals surface area contributed by atoms with Crippen LogP contribution in [-0.4, -0.2) is 6.04 Å². The quantitative estimate of drug-likeness (QED) is 0.586. The van der Waals surface area contributed by atoms with E-state index in [1.54, 1.807) is 0 Å². The van der Waals surface area contributed by atoms with E-state index in [1.165, 1.54) is 11.1 Å². The van der Waals surface area contributed by atoms with Crippen molar-refractivity contribution in [3.05, 3.63) is 53.4 Å². The SMILES string of the molecule is [C-]#[N+][C@@H]1[C@H]2C=C(c3ccccc3)C[C@H]21. The Morgan fingerprint density at radius 1 is 1.21 bits per heavy atom. The monoisotopic (exact) mass is 181 g/mol. The minimum Gasteiger partial charge on any atom is -0.313 e. The van der Waals surface area contributed by atoms with E-state index in [-0.39, 0.29) is 0 Å². The summed E-state index contributed by atoms with van der Waals surface area (Å²) in [5.74, 6) is 1.21. The highest BCUT2D eigenvalue weighted by atomic mass is 14.8. The van der Waals surface area contributed by atoms with Crippen LogP contribution in [0.3, 0.4) is 0 Å². The van der Waals surface area contributed by atoms with Crippen molar-refractivity contribution < 1.29 is 0 Å². The summed E-state index contributed by atoms with van der Waals surface area (Å²) in [6.07, 6.45) is 3.42. The fraction of sp³-hybridized carbons (Fsp3) is 0.308. The number of nitrogens with zero attached hydrogens (tertiary/aromatic N) is 1. The molecule has 1 nitrogen and oxygen atoms in total. The minimum atomic E-state index is 0.308. The molecule has 1 saturated carbocycles. The first-order valence-electron chi connectivity index (χ1n) is 5.03. The van der Waals surface area contributed by atoms with Crippen molar-refractivity contribution in [3.63, 3.8) is 0 Å². The van der Waals surface area contributed by atoms with Gasteiger partial charge >= 0.3 is 0 Å². The molecule has 0 N–H and O–H groups in total. The number of allylic oxidation sites excluding steroid dienone is 1. The molecule has 0 spiro atoms. The summed E-state index contributed by atoms with van der Waals surface area (Å²) in [7, 11) is 0. The lowest BCUT2D eigenvalue weighted by Gasteiger charge is -2.02. The van der Waals surface area contributed by atoms with Crippen LogP contribution in [0.5, 0.6) is 0 Å². The number of hydrogen-bond acceptors (Lipinski definition) is 0. The maximum Gasteiger partial charge on any atom is 0.234 e. The van der Waals surface area contributed by atoms with Gasteiger partial charge in [-0.15, -0.1) is 0 Å². The van der Waals surface area contributed by atoms with Gasteiger partial charge in [0.1, 0.15) is 0 Å². The third-order valence-electron chi connectivity index (χ3n) is 3.33. The lowest BCUT2D eigenvalue weighted by Crippen LogP contribution is -1.88. The molecule has 3 atom stereocenters. The second kappa shape index (κ2) is 2.72. The summed E-state index contributed by atoms with van der Waals surface area (Å²) in [6.45, 7) is 6.98. The van der Waals surface area contributed by atoms with Gasteiger partial charge in [0, 0.05) is 0 Å². The third-order valence-corrected chi connectivity index (χ3v) is 3.33. The van der Waals surface area contributed by atoms with Crippen molar-refractivity contribution in [1.29, 1.82) is 0 Å². The zero-order chi connectivity index (χ0) is 9.54. The van der Waals surface area contributed by atoms with Crippen LogP contribution in [0.25, 0.3) is 10.4 Å². The van der Waals surface area contributed by atoms with Crippen LogP contribution >= 0.6 is 0 Å². The Bertz CT molecular complexity index is 424. The zero-order valence-electron chi connectivity index (χ0n) is 7.85. The maximum atomic E-state index is 6.98. The summed E-state index contributed by atoms with van der Waals surface area (Å²) in [4.78, 5) is 3.62. The Morgan fingerprint density at radius 3 is 2.57 bits per heavy atom. The van der Waals surface area contributed by atoms with Gasteiger partial charge in [-0.05, 0) is 17.6 Å². The lowest BCUT2D eigenvalue weighted by atomic mass is 10.0. The van der Waals surface area contributed by atoms with E-state index < -0.39 is 0 Å². The predicted octanol–water partition coefficient (Wildman–Crippen LogP) is 3.01. The summed E-state index contributed by atoms with van der Waals surface area (Å²) in [5.41, 5.74) is 2.78. The van der Waals surface area contributed by atoms with Gasteiger partial charge in [-0.2, -0.15) is 0 Å². The Labute approximate surface area is 83.9 Å². The molecule has 68 valence electrons. The summed E-state index contributed by atoms with van der Waals surface area (Å²) < 4.78 is 0. The van der Waals surface area contributed by atoms with Gasteiger partial charge < -0.3 is 4.85 Å². The first-order chi connectivity index (χ1) is 6.90. The molecule has 0 radical (unpaired) electrons. The minimum absolute atomic E-state index is 0.308. The molecular formula is C13H11N. The first kappa shape index (κ1) is 7.82. The van der Waals surface area contributed by atoms with E-state index in [2.05, 4.69) is 35.2 Å². The number of rotatable bonds is 1. The van der Waals surface area contributed by atoms with Gasteiger partial charge in [-0.1, -0.05) is 36.4 Å². The summed E-state index contributed by atoms with van der Waals surface area (Å²) >= 11 is 0. The van der Waals surface area contributed by atoms with Crippen LogP contribution in [0.1, 0.15) is 12.0 Å². The van der Waals surface area contributed by atoms with Gasteiger partial charge in [0.05, 0.1) is 11.8 Å². The van der Waals surface area contributed by atoms with Crippen LogP contribution in [0, 0.1) is 18.4 Å². The smallest absolute Gasteiger partial charge is 0.234 e. The molecular weight excluding hydrogens is 170 g/mol. The Kier molecular flexibility index (Phi) is 1.52. The van der Waals surface area contributed by atoms with Crippen molar-refractivity contribution in [2.75, 3.05) is 0 Å². The second-order valence-electron chi connectivity index (χ2n) is 4.12. The highest BCUT2D eigenvalue weighted by molar-refractivity contribution is 5.70. The molecule has 0 aliphatic heterocycles. The average Bonchev–Trinajstić information content (AvgIpc) is 2.72. The van der Waals surface area contributed by atoms with Crippen molar-refractivity contribution in [1.82, 2.24) is 0 Å². The fourth-order valence-electron chi connectivity index (χ4n) is 2.46. The standard InChI is InChI=1S/C13H11N/c1-14-13-11-7-10(8-12(11)13)9-5-3-2-4-6-9/h2-7,11-13H,8H2/t11-,12+,13+/m0/s1. The zero-order valence-corrected chi connectivity index (χ0v) is 7.85. The molecule has 2 aliphatic carbocycles. The molecule has 0 saturated heterocycles. The van der Waals surface area contributed by atoms with Crippen molar-refractivity contribution in [2.45, 2.75) is 12.5 Å². The van der Waals surface area contributed by atoms with Crippen LogP contribution in [0.15, 0.2) is 36.4 Å². The molecule has 2 aliphatic rings. The van der Waals surface area contributed by atoms with Crippen LogP contribution < -0.4 is 0 Å². The first-order valence-corrected chi connectivity index (χ1v) is 5.03. The van der Waals surface area contributed by atoms with Crippen molar-refractivity contribution in [2.24, 2.45) is 11.8 Å². The van der Waals surface area contributed by atoms with E-state index >= 15 is 0 Å². The molecule has 0 heterocycles. The topological polar surface area (TPSA) is 4.36 Å². The molecule has 14 heavy (non-hydrogen) atoms. The van der Waals surface area contributed by atoms with Crippen molar-refractivity contribution >= 4 is 5.57 Å². The molecule has 0 amide bonds. The Balaban J connectivity index is 1.86. The van der Waals surface area contributed by atoms with Crippen molar-refractivity contribution in [3.8, 4) is 0 Å². The van der Waals surface area contributed by atoms with E-state index in [1.807, 2.05) is 6.07 Å². The third kappa shape index (κ3) is 1.01. The van der Waals surface area contributed by atoms with Gasteiger partial charge in [-0.3, -0.25) is 0 Å². The summed E-state index contributed by atoms with van der Waals surface area (Å²) in [5, 5.41) is 0. The predicted molar refractivity (Wildman–Crippen MR) is 56.4 cm³/mol. The molecule has 0 bridgehead atoms. The van der Waals surface area contributed by atoms with E-state index in [9.17, 15) is 0 Å². The van der Waals surface area contributed by atoms with E-state index in [0.717, 1.165) is 6.42 Å². The van der Waals surface area contributed by atoms with Gasteiger partial charge in [-0.25, -0.2) is 6.57 Å². The lowest BCUT2D eigenvalue weighted by molar-refractivity contribution is 0.854. The maximum absolute atomic E-state index is 6.98. The normalized spacial score (nSPS) is 33.1. The Hall–Kier alpha value is -1.55. The van der Waals surface area contributed by atoms with Gasteiger partial charge in [0.25, 0.3) is 0 Å². The molecule has 3 rings (SSSR count). The second-order valence-corrected chi connectivity index (χ2v) is 4.12. The molecule has 0 aromatic heterocycles. The number of fused-ring (bicyclic) bond motifs is 1. The molecule has 1 heteroatoms. The molecule has 1 aromatic rings. The van der Waals surface area contributed by atoms with E-state index in [4.69, 9.17) is 6.57 Å². The molecule has 1 aromatic carbocycles. The summed E-state index contributed by atoms with van der Waals surface area (Å²) in [6, 6.07) is 10.8. The van der Waals surface area contributed by atoms with Crippen LogP contribution in [-0.2, 0) is 0 Å². The largest absolute Gasteiger partial charge is 0.313 e. The fourth-order valence-corrected chi connectivity index (χ4v) is 2.46. The highest BCUT2D eigenvalue weighted by Crippen LogP contribution is 2.54. The average molecular weight is 181 g/mol. The number of benzene rings is 1. The highest BCUT2D eigenvalue weighted by Gasteiger charge is 2.59. The van der Waals surface area contributed by atoms with Crippen LogP contribution in [0.4, 0.5) is 0 Å². The Morgan fingerprint density at radius 2 is 2.00 bits per heavy atom. The molecule has 1 fully saturated rings. The van der Waals surface area contributed by atoms with E-state index in [0.29, 0.717) is 17.9 Å². The van der Waals surface area contributed by atoms with Crippen LogP contribution in [0.2, 0.25) is 0 Å². The van der Waals surface area contributed by atoms with Gasteiger partial charge in [0.2, 0.25) is 6.04 Å².